The van der Waals surface area contributed by atoms with Crippen LogP contribution in [-0.2, 0) is 16.0 Å². The average Bonchev–Trinajstić information content (AvgIpc) is 3.01. The van der Waals surface area contributed by atoms with Crippen LogP contribution in [0, 0.1) is 6.92 Å². The van der Waals surface area contributed by atoms with Gasteiger partial charge >= 0.3 is 0 Å². The number of nitrogens with one attached hydrogen (secondary N) is 2. The van der Waals surface area contributed by atoms with Gasteiger partial charge in [-0.1, -0.05) is 29.8 Å². The minimum absolute atomic E-state index is 0.0948. The van der Waals surface area contributed by atoms with Crippen molar-refractivity contribution in [1.82, 2.24) is 10.3 Å². The summed E-state index contributed by atoms with van der Waals surface area (Å²) in [4.78, 5) is 38.3. The van der Waals surface area contributed by atoms with Crippen LogP contribution < -0.4 is 16.4 Å². The zero-order valence-corrected chi connectivity index (χ0v) is 14.0. The fourth-order valence-electron chi connectivity index (χ4n) is 1.89. The van der Waals surface area contributed by atoms with E-state index in [9.17, 15) is 14.4 Å². The monoisotopic (exact) mass is 346 g/mol. The predicted octanol–water partition coefficient (Wildman–Crippen LogP) is 1.24. The van der Waals surface area contributed by atoms with Gasteiger partial charge in [0.2, 0.25) is 11.8 Å². The first-order valence-corrected chi connectivity index (χ1v) is 8.19. The van der Waals surface area contributed by atoms with Gasteiger partial charge in [-0.25, -0.2) is 4.98 Å². The third kappa shape index (κ3) is 5.47. The molecule has 0 atom stereocenters. The molecule has 126 valence electrons. The van der Waals surface area contributed by atoms with Crippen LogP contribution >= 0.6 is 11.3 Å². The lowest BCUT2D eigenvalue weighted by Crippen LogP contribution is -2.33. The molecule has 1 aromatic heterocycles. The zero-order chi connectivity index (χ0) is 17.5. The Morgan fingerprint density at radius 3 is 2.50 bits per heavy atom. The van der Waals surface area contributed by atoms with E-state index < -0.39 is 11.8 Å². The minimum atomic E-state index is -0.656. The maximum atomic E-state index is 11.8. The Labute approximate surface area is 143 Å². The lowest BCUT2D eigenvalue weighted by molar-refractivity contribution is -0.124. The summed E-state index contributed by atoms with van der Waals surface area (Å²) < 4.78 is 0. The molecular formula is C16H18N4O3S. The molecule has 2 aromatic rings. The van der Waals surface area contributed by atoms with Crippen molar-refractivity contribution in [3.8, 4) is 0 Å². The Kier molecular flexibility index (Phi) is 6.02. The molecule has 0 spiro atoms. The standard InChI is InChI=1S/C16H18N4O3S/c1-10-2-4-11(5-3-10)6-7-13(21)18-8-14(22)20-16-19-12(9-24-16)15(17)23/h2-5,9H,6-8H2,1H3,(H2,17,23)(H,18,21)(H,19,20,22). The molecule has 4 N–H and O–H groups in total. The molecule has 1 heterocycles. The van der Waals surface area contributed by atoms with Gasteiger partial charge in [-0.2, -0.15) is 0 Å². The summed E-state index contributed by atoms with van der Waals surface area (Å²) >= 11 is 1.09. The number of nitrogens with two attached hydrogens (primary N) is 1. The molecule has 0 aliphatic rings. The Hall–Kier alpha value is -2.74. The highest BCUT2D eigenvalue weighted by Gasteiger charge is 2.10. The lowest BCUT2D eigenvalue weighted by Gasteiger charge is -2.05. The number of aryl methyl sites for hydroxylation is 2. The molecule has 0 aliphatic carbocycles. The van der Waals surface area contributed by atoms with Gasteiger partial charge in [0.25, 0.3) is 5.91 Å². The normalized spacial score (nSPS) is 10.2. The second-order valence-electron chi connectivity index (χ2n) is 5.21. The number of carbonyl (C=O) groups is 3. The molecule has 3 amide bonds. The highest BCUT2D eigenvalue weighted by atomic mass is 32.1. The molecule has 8 heteroatoms. The number of amides is 3. The van der Waals surface area contributed by atoms with E-state index >= 15 is 0 Å². The predicted molar refractivity (Wildman–Crippen MR) is 91.8 cm³/mol. The number of hydrogen-bond donors (Lipinski definition) is 3. The molecule has 0 fully saturated rings. The summed E-state index contributed by atoms with van der Waals surface area (Å²) in [6.07, 6.45) is 0.918. The first-order chi connectivity index (χ1) is 11.4. The number of carbonyl (C=O) groups excluding carboxylic acids is 3. The molecule has 0 saturated heterocycles. The van der Waals surface area contributed by atoms with Crippen molar-refractivity contribution in [2.24, 2.45) is 5.73 Å². The largest absolute Gasteiger partial charge is 0.364 e. The molecule has 24 heavy (non-hydrogen) atoms. The SMILES string of the molecule is Cc1ccc(CCC(=O)NCC(=O)Nc2nc(C(N)=O)cs2)cc1. The van der Waals surface area contributed by atoms with Gasteiger partial charge in [0.15, 0.2) is 5.13 Å². The summed E-state index contributed by atoms with van der Waals surface area (Å²) in [7, 11) is 0. The second-order valence-corrected chi connectivity index (χ2v) is 6.07. The number of aromatic nitrogens is 1. The third-order valence-corrected chi connectivity index (χ3v) is 3.97. The first kappa shape index (κ1) is 17.6. The molecular weight excluding hydrogens is 328 g/mol. The Bertz CT molecular complexity index is 740. The number of thiazole rings is 1. The smallest absolute Gasteiger partial charge is 0.268 e. The van der Waals surface area contributed by atoms with Crippen LogP contribution in [0.5, 0.6) is 0 Å². The fourth-order valence-corrected chi connectivity index (χ4v) is 2.60. The molecule has 2 rings (SSSR count). The van der Waals surface area contributed by atoms with Crippen LogP contribution in [0.15, 0.2) is 29.6 Å². The van der Waals surface area contributed by atoms with Crippen LogP contribution in [-0.4, -0.2) is 29.3 Å². The highest BCUT2D eigenvalue weighted by Crippen LogP contribution is 2.14. The van der Waals surface area contributed by atoms with Crippen molar-refractivity contribution in [3.05, 3.63) is 46.5 Å². The Morgan fingerprint density at radius 1 is 1.17 bits per heavy atom. The summed E-state index contributed by atoms with van der Waals surface area (Å²) in [5, 5.41) is 6.77. The topological polar surface area (TPSA) is 114 Å². The van der Waals surface area contributed by atoms with Crippen molar-refractivity contribution in [3.63, 3.8) is 0 Å². The number of benzene rings is 1. The zero-order valence-electron chi connectivity index (χ0n) is 13.2. The van der Waals surface area contributed by atoms with E-state index in [-0.39, 0.29) is 23.3 Å². The van der Waals surface area contributed by atoms with Gasteiger partial charge in [-0.3, -0.25) is 14.4 Å². The van der Waals surface area contributed by atoms with E-state index in [2.05, 4.69) is 15.6 Å². The lowest BCUT2D eigenvalue weighted by atomic mass is 10.1. The van der Waals surface area contributed by atoms with Crippen molar-refractivity contribution in [2.45, 2.75) is 19.8 Å². The van der Waals surface area contributed by atoms with Gasteiger partial charge in [0, 0.05) is 11.8 Å². The van der Waals surface area contributed by atoms with Crippen molar-refractivity contribution < 1.29 is 14.4 Å². The van der Waals surface area contributed by atoms with E-state index in [1.165, 1.54) is 10.9 Å². The second kappa shape index (κ2) is 8.21. The number of nitrogens with zero attached hydrogens (tertiary/aromatic N) is 1. The van der Waals surface area contributed by atoms with Gasteiger partial charge in [-0.05, 0) is 18.9 Å². The van der Waals surface area contributed by atoms with E-state index in [0.29, 0.717) is 12.8 Å². The van der Waals surface area contributed by atoms with Gasteiger partial charge in [-0.15, -0.1) is 11.3 Å². The molecule has 0 bridgehead atoms. The van der Waals surface area contributed by atoms with Crippen molar-refractivity contribution in [1.29, 1.82) is 0 Å². The van der Waals surface area contributed by atoms with E-state index in [4.69, 9.17) is 5.73 Å². The Morgan fingerprint density at radius 2 is 1.88 bits per heavy atom. The first-order valence-electron chi connectivity index (χ1n) is 7.31. The van der Waals surface area contributed by atoms with Crippen molar-refractivity contribution >= 4 is 34.2 Å². The molecule has 0 radical (unpaired) electrons. The number of anilines is 1. The van der Waals surface area contributed by atoms with E-state index in [1.54, 1.807) is 0 Å². The van der Waals surface area contributed by atoms with Gasteiger partial charge in [0.1, 0.15) is 5.69 Å². The maximum Gasteiger partial charge on any atom is 0.268 e. The van der Waals surface area contributed by atoms with Crippen LogP contribution in [0.1, 0.15) is 28.0 Å². The average molecular weight is 346 g/mol. The third-order valence-electron chi connectivity index (χ3n) is 3.21. The summed E-state index contributed by atoms with van der Waals surface area (Å²) in [6.45, 7) is 1.85. The number of hydrogen-bond acceptors (Lipinski definition) is 5. The summed E-state index contributed by atoms with van der Waals surface area (Å²) in [5.74, 6) is -1.28. The number of primary amides is 1. The Balaban J connectivity index is 1.71. The van der Waals surface area contributed by atoms with Crippen LogP contribution in [0.4, 0.5) is 5.13 Å². The molecule has 1 aromatic carbocycles. The molecule has 0 unspecified atom stereocenters. The molecule has 0 aliphatic heterocycles. The molecule has 0 saturated carbocycles. The molecule has 7 nitrogen and oxygen atoms in total. The quantitative estimate of drug-likeness (QED) is 0.699. The fraction of sp³-hybridized carbons (Fsp3) is 0.250. The minimum Gasteiger partial charge on any atom is -0.364 e. The van der Waals surface area contributed by atoms with Gasteiger partial charge < -0.3 is 16.4 Å². The maximum absolute atomic E-state index is 11.8. The van der Waals surface area contributed by atoms with Crippen LogP contribution in [0.25, 0.3) is 0 Å². The highest BCUT2D eigenvalue weighted by molar-refractivity contribution is 7.14. The summed E-state index contributed by atoms with van der Waals surface area (Å²) in [6, 6.07) is 7.95. The van der Waals surface area contributed by atoms with Crippen LogP contribution in [0.2, 0.25) is 0 Å². The van der Waals surface area contributed by atoms with Crippen LogP contribution in [0.3, 0.4) is 0 Å². The van der Waals surface area contributed by atoms with E-state index in [1.807, 2.05) is 31.2 Å². The van der Waals surface area contributed by atoms with E-state index in [0.717, 1.165) is 16.9 Å². The summed E-state index contributed by atoms with van der Waals surface area (Å²) in [5.41, 5.74) is 7.42. The van der Waals surface area contributed by atoms with Crippen molar-refractivity contribution in [2.75, 3.05) is 11.9 Å². The van der Waals surface area contributed by atoms with Gasteiger partial charge in [0.05, 0.1) is 6.54 Å². The number of rotatable bonds is 7.